The molecule has 0 unspecified atom stereocenters. The van der Waals surface area contributed by atoms with E-state index in [9.17, 15) is 14.8 Å². The fraction of sp³-hybridized carbons (Fsp3) is 0.212. The van der Waals surface area contributed by atoms with E-state index in [2.05, 4.69) is 15.6 Å². The van der Waals surface area contributed by atoms with Gasteiger partial charge in [-0.25, -0.2) is 0 Å². The maximum atomic E-state index is 13.2. The van der Waals surface area contributed by atoms with Gasteiger partial charge in [0.1, 0.15) is 5.84 Å². The maximum Gasteiger partial charge on any atom is 0.251 e. The van der Waals surface area contributed by atoms with Crippen molar-refractivity contribution in [2.24, 2.45) is 10.7 Å². The van der Waals surface area contributed by atoms with Crippen molar-refractivity contribution < 1.29 is 14.8 Å². The molecule has 8 N–H and O–H groups in total. The highest BCUT2D eigenvalue weighted by molar-refractivity contribution is 5.97. The van der Waals surface area contributed by atoms with Crippen LogP contribution in [-0.4, -0.2) is 33.6 Å². The van der Waals surface area contributed by atoms with Gasteiger partial charge in [0.25, 0.3) is 5.91 Å². The molecular weight excluding hydrogens is 542 g/mol. The van der Waals surface area contributed by atoms with Crippen molar-refractivity contribution in [3.8, 4) is 11.1 Å². The standard InChI is InChI=1S/C33H35N7O3/c34-26-16-24(15-25(17-26)33(42)38-20-21-5-2-1-3-6-21)28-13-14-30(39-27-7-4-8-27)40(43)29(28)18-31(41)37-19-22-9-11-23(12-10-22)32(35)36/h1-3,5-6,9-17,27,43H,4,7-8,18-20,34H2,(H3,35,36)(H,37,41)(H,38,42). The molecule has 1 aliphatic carbocycles. The Labute approximate surface area is 249 Å². The van der Waals surface area contributed by atoms with E-state index >= 15 is 0 Å². The van der Waals surface area contributed by atoms with Crippen molar-refractivity contribution in [2.75, 3.05) is 5.73 Å². The van der Waals surface area contributed by atoms with Crippen molar-refractivity contribution in [1.29, 1.82) is 5.41 Å². The number of nitrogen functional groups attached to an aromatic ring is 2. The number of amidine groups is 1. The topological polar surface area (TPSA) is 172 Å². The van der Waals surface area contributed by atoms with Gasteiger partial charge in [-0.05, 0) is 66.3 Å². The molecule has 1 aromatic heterocycles. The number of amides is 2. The highest BCUT2D eigenvalue weighted by Crippen LogP contribution is 2.27. The summed E-state index contributed by atoms with van der Waals surface area (Å²) in [6.07, 6.45) is 2.86. The number of nitrogens with one attached hydrogen (secondary N) is 3. The third-order valence-corrected chi connectivity index (χ3v) is 7.48. The molecule has 1 aliphatic rings. The molecule has 43 heavy (non-hydrogen) atoms. The monoisotopic (exact) mass is 577 g/mol. The molecule has 0 spiro atoms. The van der Waals surface area contributed by atoms with Gasteiger partial charge in [0.05, 0.1) is 18.2 Å². The zero-order chi connectivity index (χ0) is 30.3. The van der Waals surface area contributed by atoms with Crippen LogP contribution in [0.3, 0.4) is 0 Å². The van der Waals surface area contributed by atoms with E-state index in [4.69, 9.17) is 16.9 Å². The quantitative estimate of drug-likeness (QED) is 0.0732. The van der Waals surface area contributed by atoms with Crippen LogP contribution in [0.25, 0.3) is 11.1 Å². The van der Waals surface area contributed by atoms with E-state index < -0.39 is 0 Å². The second-order valence-electron chi connectivity index (χ2n) is 10.7. The van der Waals surface area contributed by atoms with Gasteiger partial charge in [0.2, 0.25) is 5.91 Å². The van der Waals surface area contributed by atoms with Crippen LogP contribution in [0.1, 0.15) is 52.0 Å². The summed E-state index contributed by atoms with van der Waals surface area (Å²) in [4.78, 5) is 30.9. The Hall–Kier alpha value is -5.38. The fourth-order valence-electron chi connectivity index (χ4n) is 4.85. The second kappa shape index (κ2) is 13.1. The second-order valence-corrected chi connectivity index (χ2v) is 10.7. The number of carbonyl (C=O) groups is 2. The molecule has 4 aromatic rings. The Bertz CT molecular complexity index is 1710. The first-order valence-corrected chi connectivity index (χ1v) is 14.2. The summed E-state index contributed by atoms with van der Waals surface area (Å²) in [6, 6.07) is 25.3. The molecule has 2 amide bonds. The predicted molar refractivity (Wildman–Crippen MR) is 165 cm³/mol. The van der Waals surface area contributed by atoms with E-state index in [0.717, 1.165) is 35.1 Å². The van der Waals surface area contributed by atoms with Crippen molar-refractivity contribution in [3.63, 3.8) is 0 Å². The van der Waals surface area contributed by atoms with Crippen LogP contribution >= 0.6 is 0 Å². The van der Waals surface area contributed by atoms with Gasteiger partial charge in [-0.15, -0.1) is 0 Å². The molecule has 1 heterocycles. The first-order valence-electron chi connectivity index (χ1n) is 14.2. The normalized spacial score (nSPS) is 13.3. The van der Waals surface area contributed by atoms with Crippen LogP contribution in [-0.2, 0) is 24.3 Å². The summed E-state index contributed by atoms with van der Waals surface area (Å²) in [5.74, 6) is -0.632. The van der Waals surface area contributed by atoms with Crippen LogP contribution < -0.4 is 27.6 Å². The average molecular weight is 578 g/mol. The Morgan fingerprint density at radius 3 is 2.28 bits per heavy atom. The first-order chi connectivity index (χ1) is 20.8. The van der Waals surface area contributed by atoms with Gasteiger partial charge < -0.3 is 27.3 Å². The Morgan fingerprint density at radius 1 is 0.907 bits per heavy atom. The molecule has 10 nitrogen and oxygen atoms in total. The van der Waals surface area contributed by atoms with E-state index in [0.29, 0.717) is 45.7 Å². The predicted octanol–water partition coefficient (Wildman–Crippen LogP) is 3.50. The number of anilines is 1. The zero-order valence-electron chi connectivity index (χ0n) is 23.7. The van der Waals surface area contributed by atoms with Crippen LogP contribution in [0.4, 0.5) is 5.69 Å². The number of rotatable bonds is 10. The lowest BCUT2D eigenvalue weighted by molar-refractivity contribution is -0.120. The van der Waals surface area contributed by atoms with Gasteiger partial charge in [0.15, 0.2) is 5.49 Å². The Balaban J connectivity index is 1.41. The number of carbonyl (C=O) groups excluding carboxylic acids is 2. The van der Waals surface area contributed by atoms with E-state index in [1.165, 1.54) is 0 Å². The summed E-state index contributed by atoms with van der Waals surface area (Å²) in [6.45, 7) is 0.620. The smallest absolute Gasteiger partial charge is 0.251 e. The van der Waals surface area contributed by atoms with Crippen molar-refractivity contribution in [1.82, 2.24) is 15.4 Å². The molecular formula is C33H35N7O3. The molecule has 0 radical (unpaired) electrons. The van der Waals surface area contributed by atoms with Gasteiger partial charge in [0, 0.05) is 35.5 Å². The number of benzene rings is 3. The van der Waals surface area contributed by atoms with Gasteiger partial charge in [-0.1, -0.05) is 54.6 Å². The Morgan fingerprint density at radius 2 is 1.60 bits per heavy atom. The molecule has 10 heteroatoms. The summed E-state index contributed by atoms with van der Waals surface area (Å²) in [5.41, 5.74) is 16.7. The number of aromatic nitrogens is 1. The summed E-state index contributed by atoms with van der Waals surface area (Å²) in [7, 11) is 0. The number of nitrogens with zero attached hydrogens (tertiary/aromatic N) is 2. The summed E-state index contributed by atoms with van der Waals surface area (Å²) < 4.78 is 0.966. The average Bonchev–Trinajstić information content (AvgIpc) is 2.98. The highest BCUT2D eigenvalue weighted by atomic mass is 16.5. The molecule has 0 atom stereocenters. The van der Waals surface area contributed by atoms with Crippen molar-refractivity contribution in [2.45, 2.75) is 44.8 Å². The van der Waals surface area contributed by atoms with E-state index in [1.54, 1.807) is 54.6 Å². The minimum absolute atomic E-state index is 0.0267. The van der Waals surface area contributed by atoms with E-state index in [1.807, 2.05) is 30.3 Å². The van der Waals surface area contributed by atoms with Gasteiger partial charge >= 0.3 is 0 Å². The van der Waals surface area contributed by atoms with Crippen molar-refractivity contribution in [3.05, 3.63) is 118 Å². The number of hydrogen-bond acceptors (Lipinski definition) is 6. The lowest BCUT2D eigenvalue weighted by Gasteiger charge is -2.21. The highest BCUT2D eigenvalue weighted by Gasteiger charge is 2.20. The van der Waals surface area contributed by atoms with Gasteiger partial charge in [-0.2, -0.15) is 4.73 Å². The minimum Gasteiger partial charge on any atom is -0.427 e. The number of nitrogens with two attached hydrogens (primary N) is 2. The lowest BCUT2D eigenvalue weighted by Crippen LogP contribution is -2.31. The van der Waals surface area contributed by atoms with Crippen LogP contribution in [0.5, 0.6) is 0 Å². The fourth-order valence-corrected chi connectivity index (χ4v) is 4.85. The summed E-state index contributed by atoms with van der Waals surface area (Å²) in [5, 5.41) is 24.6. The van der Waals surface area contributed by atoms with Crippen molar-refractivity contribution >= 4 is 23.3 Å². The molecule has 5 rings (SSSR count). The third-order valence-electron chi connectivity index (χ3n) is 7.48. The largest absolute Gasteiger partial charge is 0.427 e. The van der Waals surface area contributed by atoms with Gasteiger partial charge in [-0.3, -0.25) is 20.0 Å². The third kappa shape index (κ3) is 7.28. The van der Waals surface area contributed by atoms with E-state index in [-0.39, 0.29) is 36.7 Å². The maximum absolute atomic E-state index is 13.2. The molecule has 0 saturated heterocycles. The Kier molecular flexibility index (Phi) is 8.85. The molecule has 0 aliphatic heterocycles. The van der Waals surface area contributed by atoms with Crippen LogP contribution in [0.15, 0.2) is 89.9 Å². The molecule has 1 saturated carbocycles. The SMILES string of the molecule is N=C(N)c1ccc(CNC(=O)Cc2c(-c3cc(N)cc(C(=O)NCc4ccccc4)c3)ccc(=NC3CCC3)n2O)cc1. The van der Waals surface area contributed by atoms with Crippen LogP contribution in [0, 0.1) is 5.41 Å². The molecule has 220 valence electrons. The molecule has 1 fully saturated rings. The first kappa shape index (κ1) is 29.1. The molecule has 0 bridgehead atoms. The number of hydrogen-bond donors (Lipinski definition) is 6. The van der Waals surface area contributed by atoms with Crippen LogP contribution in [0.2, 0.25) is 0 Å². The zero-order valence-corrected chi connectivity index (χ0v) is 23.7. The lowest BCUT2D eigenvalue weighted by atomic mass is 9.94. The number of pyridine rings is 1. The minimum atomic E-state index is -0.315. The summed E-state index contributed by atoms with van der Waals surface area (Å²) >= 11 is 0. The molecule has 3 aromatic carbocycles.